The molecule has 0 aliphatic carbocycles. The van der Waals surface area contributed by atoms with Crippen molar-refractivity contribution in [2.24, 2.45) is 0 Å². The van der Waals surface area contributed by atoms with E-state index in [4.69, 9.17) is 21.7 Å². The minimum atomic E-state index is -0.350. The molecule has 2 N–H and O–H groups in total. The summed E-state index contributed by atoms with van der Waals surface area (Å²) in [4.78, 5) is 26.9. The maximum absolute atomic E-state index is 12.6. The fraction of sp³-hybridized carbons (Fsp3) is 0.222. The van der Waals surface area contributed by atoms with Gasteiger partial charge in [0.1, 0.15) is 24.7 Å². The highest BCUT2D eigenvalue weighted by atomic mass is 32.1. The molecule has 8 heteroatoms. The number of benzene rings is 3. The molecule has 3 aromatic rings. The van der Waals surface area contributed by atoms with Gasteiger partial charge in [-0.05, 0) is 80.7 Å². The fourth-order valence-electron chi connectivity index (χ4n) is 3.30. The van der Waals surface area contributed by atoms with Gasteiger partial charge in [0.15, 0.2) is 5.11 Å². The topological polar surface area (TPSA) is 79.9 Å². The Balaban J connectivity index is 1.47. The lowest BCUT2D eigenvalue weighted by molar-refractivity contribution is 0.0772. The van der Waals surface area contributed by atoms with Crippen LogP contribution in [-0.2, 0) is 0 Å². The second-order valence-electron chi connectivity index (χ2n) is 7.50. The zero-order valence-corrected chi connectivity index (χ0v) is 20.6. The van der Waals surface area contributed by atoms with Gasteiger partial charge >= 0.3 is 0 Å². The van der Waals surface area contributed by atoms with Crippen LogP contribution in [-0.4, -0.2) is 48.1 Å². The number of ether oxygens (including phenoxy) is 2. The second-order valence-corrected chi connectivity index (χ2v) is 7.91. The third-order valence-corrected chi connectivity index (χ3v) is 5.33. The minimum Gasteiger partial charge on any atom is -0.490 e. The maximum Gasteiger partial charge on any atom is 0.257 e. The van der Waals surface area contributed by atoms with Crippen LogP contribution in [0, 0.1) is 0 Å². The molecule has 182 valence electrons. The molecule has 0 saturated carbocycles. The summed E-state index contributed by atoms with van der Waals surface area (Å²) >= 11 is 5.28. The SMILES string of the molecule is CCN(CC)C(=O)c1cccc(NC(=S)NC(=O)c2ccc(OCCOc3ccccc3)cc2)c1. The Morgan fingerprint density at radius 1 is 0.800 bits per heavy atom. The summed E-state index contributed by atoms with van der Waals surface area (Å²) in [6, 6.07) is 23.3. The molecule has 3 aromatic carbocycles. The van der Waals surface area contributed by atoms with E-state index >= 15 is 0 Å². The van der Waals surface area contributed by atoms with E-state index < -0.39 is 0 Å². The first-order valence-electron chi connectivity index (χ1n) is 11.4. The van der Waals surface area contributed by atoms with Gasteiger partial charge < -0.3 is 19.7 Å². The average Bonchev–Trinajstić information content (AvgIpc) is 2.88. The lowest BCUT2D eigenvalue weighted by atomic mass is 10.1. The van der Waals surface area contributed by atoms with E-state index in [1.54, 1.807) is 53.4 Å². The van der Waals surface area contributed by atoms with Gasteiger partial charge in [-0.15, -0.1) is 0 Å². The molecular formula is C27H29N3O4S. The van der Waals surface area contributed by atoms with Crippen molar-refractivity contribution in [3.63, 3.8) is 0 Å². The molecule has 0 radical (unpaired) electrons. The van der Waals surface area contributed by atoms with Crippen molar-refractivity contribution in [2.45, 2.75) is 13.8 Å². The Morgan fingerprint density at radius 3 is 2.06 bits per heavy atom. The number of nitrogens with zero attached hydrogens (tertiary/aromatic N) is 1. The predicted molar refractivity (Wildman–Crippen MR) is 141 cm³/mol. The molecule has 0 fully saturated rings. The number of nitrogens with one attached hydrogen (secondary N) is 2. The largest absolute Gasteiger partial charge is 0.490 e. The van der Waals surface area contributed by atoms with Crippen LogP contribution in [0.5, 0.6) is 11.5 Å². The third-order valence-electron chi connectivity index (χ3n) is 5.13. The Bertz CT molecular complexity index is 1130. The molecule has 0 spiro atoms. The van der Waals surface area contributed by atoms with Crippen molar-refractivity contribution >= 4 is 34.8 Å². The molecule has 0 aliphatic heterocycles. The second kappa shape index (κ2) is 13.1. The fourth-order valence-corrected chi connectivity index (χ4v) is 3.51. The summed E-state index contributed by atoms with van der Waals surface area (Å²) in [5.41, 5.74) is 1.61. The highest BCUT2D eigenvalue weighted by molar-refractivity contribution is 7.80. The van der Waals surface area contributed by atoms with E-state index in [0.29, 0.717) is 48.9 Å². The van der Waals surface area contributed by atoms with Crippen LogP contribution in [0.15, 0.2) is 78.9 Å². The smallest absolute Gasteiger partial charge is 0.257 e. The van der Waals surface area contributed by atoms with Crippen LogP contribution in [0.2, 0.25) is 0 Å². The standard InChI is InChI=1S/C27H29N3O4S/c1-3-30(4-2)26(32)21-9-8-10-22(19-21)28-27(35)29-25(31)20-13-15-24(16-14-20)34-18-17-33-23-11-6-5-7-12-23/h5-16,19H,3-4,17-18H2,1-2H3,(H2,28,29,31,35). The maximum atomic E-state index is 12.6. The molecule has 0 aliphatic rings. The first-order chi connectivity index (χ1) is 17.0. The van der Waals surface area contributed by atoms with Gasteiger partial charge in [-0.25, -0.2) is 0 Å². The number of hydrogen-bond donors (Lipinski definition) is 2. The van der Waals surface area contributed by atoms with Gasteiger partial charge in [0, 0.05) is 29.9 Å². The number of thiocarbonyl (C=S) groups is 1. The molecule has 2 amide bonds. The lowest BCUT2D eigenvalue weighted by Gasteiger charge is -2.19. The first kappa shape index (κ1) is 25.7. The summed E-state index contributed by atoms with van der Waals surface area (Å²) in [6.07, 6.45) is 0. The molecule has 0 unspecified atom stereocenters. The summed E-state index contributed by atoms with van der Waals surface area (Å²) in [5, 5.41) is 5.76. The van der Waals surface area contributed by atoms with E-state index in [-0.39, 0.29) is 16.9 Å². The molecule has 3 rings (SSSR count). The number of carbonyl (C=O) groups is 2. The van der Waals surface area contributed by atoms with Crippen molar-refractivity contribution in [1.82, 2.24) is 10.2 Å². The number of rotatable bonds is 10. The van der Waals surface area contributed by atoms with E-state index in [1.807, 2.05) is 44.2 Å². The Morgan fingerprint density at radius 2 is 1.43 bits per heavy atom. The molecule has 7 nitrogen and oxygen atoms in total. The zero-order valence-electron chi connectivity index (χ0n) is 19.8. The molecular weight excluding hydrogens is 462 g/mol. The average molecular weight is 492 g/mol. The van der Waals surface area contributed by atoms with Gasteiger partial charge in [-0.2, -0.15) is 0 Å². The van der Waals surface area contributed by atoms with Crippen LogP contribution >= 0.6 is 12.2 Å². The molecule has 0 heterocycles. The summed E-state index contributed by atoms with van der Waals surface area (Å²) in [7, 11) is 0. The molecule has 0 atom stereocenters. The Labute approximate surface area is 211 Å². The Hall–Kier alpha value is -3.91. The Kier molecular flexibility index (Phi) is 9.62. The van der Waals surface area contributed by atoms with E-state index in [2.05, 4.69) is 10.6 Å². The van der Waals surface area contributed by atoms with Crippen LogP contribution < -0.4 is 20.1 Å². The van der Waals surface area contributed by atoms with E-state index in [0.717, 1.165) is 5.75 Å². The molecule has 0 bridgehead atoms. The molecule has 35 heavy (non-hydrogen) atoms. The normalized spacial score (nSPS) is 10.2. The van der Waals surface area contributed by atoms with Crippen molar-refractivity contribution < 1.29 is 19.1 Å². The highest BCUT2D eigenvalue weighted by Gasteiger charge is 2.13. The van der Waals surface area contributed by atoms with Crippen LogP contribution in [0.3, 0.4) is 0 Å². The number of anilines is 1. The predicted octanol–water partition coefficient (Wildman–Crippen LogP) is 4.75. The van der Waals surface area contributed by atoms with Crippen molar-refractivity contribution in [1.29, 1.82) is 0 Å². The number of amides is 2. The number of para-hydroxylation sites is 1. The van der Waals surface area contributed by atoms with Crippen LogP contribution in [0.1, 0.15) is 34.6 Å². The molecule has 0 saturated heterocycles. The van der Waals surface area contributed by atoms with Gasteiger partial charge in [-0.3, -0.25) is 14.9 Å². The number of hydrogen-bond acceptors (Lipinski definition) is 5. The molecule has 0 aromatic heterocycles. The minimum absolute atomic E-state index is 0.0532. The van der Waals surface area contributed by atoms with E-state index in [9.17, 15) is 9.59 Å². The van der Waals surface area contributed by atoms with Crippen LogP contribution in [0.25, 0.3) is 0 Å². The zero-order chi connectivity index (χ0) is 25.0. The summed E-state index contributed by atoms with van der Waals surface area (Å²) < 4.78 is 11.3. The summed E-state index contributed by atoms with van der Waals surface area (Å²) in [5.74, 6) is 1.02. The van der Waals surface area contributed by atoms with Crippen LogP contribution in [0.4, 0.5) is 5.69 Å². The van der Waals surface area contributed by atoms with Gasteiger partial charge in [0.25, 0.3) is 11.8 Å². The number of carbonyl (C=O) groups excluding carboxylic acids is 2. The van der Waals surface area contributed by atoms with Gasteiger partial charge in [-0.1, -0.05) is 24.3 Å². The van der Waals surface area contributed by atoms with Crippen molar-refractivity contribution in [3.05, 3.63) is 90.0 Å². The lowest BCUT2D eigenvalue weighted by Crippen LogP contribution is -2.34. The van der Waals surface area contributed by atoms with Gasteiger partial charge in [0.2, 0.25) is 0 Å². The van der Waals surface area contributed by atoms with E-state index in [1.165, 1.54) is 0 Å². The quantitative estimate of drug-likeness (QED) is 0.315. The van der Waals surface area contributed by atoms with Gasteiger partial charge in [0.05, 0.1) is 0 Å². The third kappa shape index (κ3) is 7.82. The monoisotopic (exact) mass is 491 g/mol. The van der Waals surface area contributed by atoms with Crippen molar-refractivity contribution in [2.75, 3.05) is 31.6 Å². The van der Waals surface area contributed by atoms with Crippen molar-refractivity contribution in [3.8, 4) is 11.5 Å². The summed E-state index contributed by atoms with van der Waals surface area (Å²) in [6.45, 7) is 5.93. The highest BCUT2D eigenvalue weighted by Crippen LogP contribution is 2.15. The first-order valence-corrected chi connectivity index (χ1v) is 11.8.